The number of carboxylic acids is 5. The molecule has 13 nitrogen and oxygen atoms in total. The Labute approximate surface area is 255 Å². The van der Waals surface area contributed by atoms with E-state index in [1.807, 2.05) is 0 Å². The van der Waals surface area contributed by atoms with Crippen molar-refractivity contribution in [3.8, 4) is 0 Å². The topological polar surface area (TPSA) is 230 Å². The minimum Gasteiger partial charge on any atom is -0.549 e. The van der Waals surface area contributed by atoms with Crippen LogP contribution in [0, 0.1) is 0 Å². The molecule has 0 aromatic heterocycles. The van der Waals surface area contributed by atoms with Crippen molar-refractivity contribution in [1.29, 1.82) is 0 Å². The fourth-order valence-corrected chi connectivity index (χ4v) is 1.44. The van der Waals surface area contributed by atoms with Crippen molar-refractivity contribution >= 4 is 29.8 Å². The van der Waals surface area contributed by atoms with Crippen LogP contribution in [-0.2, 0) is 24.0 Å². The second kappa shape index (κ2) is 27.3. The number of nitrogens with two attached hydrogens (primary N) is 1. The summed E-state index contributed by atoms with van der Waals surface area (Å²) in [4.78, 5) is 52.7. The Morgan fingerprint density at radius 1 is 0.621 bits per heavy atom. The molecule has 0 saturated heterocycles. The average Bonchev–Trinajstić information content (AvgIpc) is 2.42. The first-order valence-electron chi connectivity index (χ1n) is 6.63. The van der Waals surface area contributed by atoms with Crippen molar-refractivity contribution in [2.24, 2.45) is 5.73 Å². The monoisotopic (exact) mass is 455 g/mol. The normalized spacial score (nSPS) is 8.66. The Hall–Kier alpha value is 1.23. The molecular formula is C12H17N3Na4O10. The third-order valence-electron chi connectivity index (χ3n) is 2.32. The Balaban J connectivity index is -0.000000131. The van der Waals surface area contributed by atoms with Crippen molar-refractivity contribution in [3.63, 3.8) is 0 Å². The van der Waals surface area contributed by atoms with Gasteiger partial charge in [0.15, 0.2) is 0 Å². The van der Waals surface area contributed by atoms with Crippen molar-refractivity contribution in [2.45, 2.75) is 0 Å². The van der Waals surface area contributed by atoms with Crippen molar-refractivity contribution in [1.82, 2.24) is 9.80 Å². The van der Waals surface area contributed by atoms with Gasteiger partial charge in [-0.15, -0.1) is 0 Å². The summed E-state index contributed by atoms with van der Waals surface area (Å²) in [6, 6.07) is 0. The van der Waals surface area contributed by atoms with Crippen LogP contribution in [0.4, 0.5) is 0 Å². The Kier molecular flexibility index (Phi) is 41.4. The predicted molar refractivity (Wildman–Crippen MR) is 69.6 cm³/mol. The van der Waals surface area contributed by atoms with Gasteiger partial charge in [-0.25, -0.2) is 0 Å². The van der Waals surface area contributed by atoms with Gasteiger partial charge in [0.2, 0.25) is 0 Å². The van der Waals surface area contributed by atoms with Gasteiger partial charge >= 0.3 is 124 Å². The van der Waals surface area contributed by atoms with Gasteiger partial charge in [0.1, 0.15) is 0 Å². The summed E-state index contributed by atoms with van der Waals surface area (Å²) in [6.45, 7) is -3.53. The largest absolute Gasteiger partial charge is 1.00 e. The number of hydrogen-bond acceptors (Lipinski definition) is 12. The molecule has 3 N–H and O–H groups in total. The third-order valence-corrected chi connectivity index (χ3v) is 2.32. The smallest absolute Gasteiger partial charge is 0.549 e. The fraction of sp³-hybridized carbons (Fsp3) is 0.583. The molecule has 0 atom stereocenters. The second-order valence-electron chi connectivity index (χ2n) is 4.51. The standard InChI is InChI=1S/C10H16N2O8.C2H5NO2.4Na/c13-7(14)3-11(4-8(15)16)1-2-12(5-9(17)18)6-10(19)20;3-1-2(4)5;;;;/h1-6H2,(H,13,14)(H,15,16)(H,17,18)(H,19,20);1,3H2,(H,4,5);;;;/q;;4*+1/p-4. The molecule has 0 radical (unpaired) electrons. The van der Waals surface area contributed by atoms with E-state index in [1.165, 1.54) is 0 Å². The zero-order valence-corrected chi connectivity index (χ0v) is 25.0. The zero-order valence-electron chi connectivity index (χ0n) is 17.0. The Morgan fingerprint density at radius 2 is 0.793 bits per heavy atom. The molecule has 0 aliphatic heterocycles. The van der Waals surface area contributed by atoms with Crippen LogP contribution < -0.4 is 144 Å². The van der Waals surface area contributed by atoms with Crippen molar-refractivity contribution in [2.75, 3.05) is 45.8 Å². The molecule has 0 aliphatic rings. The molecule has 0 unspecified atom stereocenters. The van der Waals surface area contributed by atoms with Crippen molar-refractivity contribution in [3.05, 3.63) is 0 Å². The summed E-state index contributed by atoms with van der Waals surface area (Å²) >= 11 is 0. The van der Waals surface area contributed by atoms with Crippen LogP contribution in [-0.4, -0.2) is 90.6 Å². The number of aliphatic carboxylic acids is 5. The molecule has 0 rings (SSSR count). The Morgan fingerprint density at radius 3 is 0.897 bits per heavy atom. The molecule has 17 heteroatoms. The first kappa shape index (κ1) is 44.0. The minimum atomic E-state index is -1.53. The Bertz CT molecular complexity index is 431. The number of nitrogens with zero attached hydrogens (tertiary/aromatic N) is 2. The number of carboxylic acid groups (broad SMARTS) is 5. The maximum absolute atomic E-state index is 10.4. The van der Waals surface area contributed by atoms with E-state index in [2.05, 4.69) is 5.73 Å². The molecule has 0 fully saturated rings. The van der Waals surface area contributed by atoms with E-state index in [9.17, 15) is 44.4 Å². The van der Waals surface area contributed by atoms with E-state index in [-0.39, 0.29) is 138 Å². The van der Waals surface area contributed by atoms with Crippen LogP contribution in [0.2, 0.25) is 0 Å². The van der Waals surface area contributed by atoms with Crippen LogP contribution in [0.3, 0.4) is 0 Å². The first-order chi connectivity index (χ1) is 11.5. The van der Waals surface area contributed by atoms with Crippen LogP contribution in [0.25, 0.3) is 0 Å². The molecule has 0 amide bonds. The summed E-state index contributed by atoms with van der Waals surface area (Å²) in [7, 11) is 0. The maximum atomic E-state index is 10.4. The van der Waals surface area contributed by atoms with Gasteiger partial charge < -0.3 is 50.4 Å². The van der Waals surface area contributed by atoms with Crippen molar-refractivity contribution < 1.29 is 168 Å². The second-order valence-corrected chi connectivity index (χ2v) is 4.51. The maximum Gasteiger partial charge on any atom is 1.00 e. The summed E-state index contributed by atoms with van der Waals surface area (Å²) in [5.41, 5.74) is 4.57. The zero-order chi connectivity index (χ0) is 20.0. The van der Waals surface area contributed by atoms with Gasteiger partial charge in [-0.2, -0.15) is 0 Å². The van der Waals surface area contributed by atoms with Gasteiger partial charge in [0.25, 0.3) is 0 Å². The van der Waals surface area contributed by atoms with Crippen LogP contribution in [0.15, 0.2) is 0 Å². The molecular weight excluding hydrogens is 438 g/mol. The van der Waals surface area contributed by atoms with Gasteiger partial charge in [-0.3, -0.25) is 14.6 Å². The summed E-state index contributed by atoms with van der Waals surface area (Å²) in [5, 5.41) is 49.2. The average molecular weight is 455 g/mol. The molecule has 0 aromatic carbocycles. The number of carbonyl (C=O) groups is 5. The molecule has 0 aromatic rings. The van der Waals surface area contributed by atoms with E-state index >= 15 is 0 Å². The molecule has 0 heterocycles. The van der Waals surface area contributed by atoms with Gasteiger partial charge in [0, 0.05) is 39.3 Å². The number of hydrogen-bond donors (Lipinski definition) is 2. The van der Waals surface area contributed by atoms with Crippen LogP contribution >= 0.6 is 0 Å². The summed E-state index contributed by atoms with van der Waals surface area (Å²) in [5.74, 6) is -7.09. The molecule has 0 saturated carbocycles. The molecule has 0 bridgehead atoms. The number of carbonyl (C=O) groups excluding carboxylic acids is 4. The van der Waals surface area contributed by atoms with Crippen LogP contribution in [0.1, 0.15) is 0 Å². The van der Waals surface area contributed by atoms with Gasteiger partial charge in [0.05, 0.1) is 30.4 Å². The third kappa shape index (κ3) is 36.9. The predicted octanol–water partition coefficient (Wildman–Crippen LogP) is -20.4. The molecule has 0 aliphatic carbocycles. The van der Waals surface area contributed by atoms with Crippen LogP contribution in [0.5, 0.6) is 0 Å². The quantitative estimate of drug-likeness (QED) is 0.261. The SMILES string of the molecule is NCC(=O)O.O=C([O-])CN(CCN(CC(=O)[O-])CC(=O)[O-])CC(=O)[O-].[Na+].[Na+].[Na+].[Na+]. The fourth-order valence-electron chi connectivity index (χ4n) is 1.44. The van der Waals surface area contributed by atoms with E-state index in [1.54, 1.807) is 0 Å². The van der Waals surface area contributed by atoms with Gasteiger partial charge in [-0.05, 0) is 0 Å². The van der Waals surface area contributed by atoms with E-state index in [0.717, 1.165) is 9.80 Å². The number of rotatable bonds is 12. The minimum absolute atomic E-state index is 0. The molecule has 29 heavy (non-hydrogen) atoms. The van der Waals surface area contributed by atoms with E-state index in [4.69, 9.17) is 5.11 Å². The summed E-state index contributed by atoms with van der Waals surface area (Å²) in [6.07, 6.45) is 0. The molecule has 0 spiro atoms. The van der Waals surface area contributed by atoms with Gasteiger partial charge in [-0.1, -0.05) is 0 Å². The van der Waals surface area contributed by atoms with E-state index < -0.39 is 56.0 Å². The van der Waals surface area contributed by atoms with E-state index in [0.29, 0.717) is 0 Å². The first-order valence-corrected chi connectivity index (χ1v) is 6.63. The summed E-state index contributed by atoms with van der Waals surface area (Å²) < 4.78 is 0. The molecule has 144 valence electrons.